The number of carbonyl (C=O) groups is 1. The molecule has 0 radical (unpaired) electrons. The SMILES string of the molecule is CCCC1CCC(=O)N(CC(O)CNC2CC2)CC1. The minimum Gasteiger partial charge on any atom is -0.390 e. The van der Waals surface area contributed by atoms with Gasteiger partial charge in [-0.2, -0.15) is 0 Å². The van der Waals surface area contributed by atoms with Crippen LogP contribution in [0.15, 0.2) is 0 Å². The van der Waals surface area contributed by atoms with Crippen molar-refractivity contribution in [2.24, 2.45) is 5.92 Å². The van der Waals surface area contributed by atoms with Crippen LogP contribution in [0.4, 0.5) is 0 Å². The van der Waals surface area contributed by atoms with Gasteiger partial charge in [0.2, 0.25) is 5.91 Å². The lowest BCUT2D eigenvalue weighted by molar-refractivity contribution is -0.132. The predicted molar refractivity (Wildman–Crippen MR) is 75.9 cm³/mol. The van der Waals surface area contributed by atoms with Crippen LogP contribution in [0.25, 0.3) is 0 Å². The van der Waals surface area contributed by atoms with E-state index in [0.29, 0.717) is 31.5 Å². The van der Waals surface area contributed by atoms with Crippen LogP contribution in [-0.4, -0.2) is 47.7 Å². The van der Waals surface area contributed by atoms with Crippen LogP contribution in [0.3, 0.4) is 0 Å². The molecule has 0 spiro atoms. The molecule has 0 bridgehead atoms. The van der Waals surface area contributed by atoms with Gasteiger partial charge >= 0.3 is 0 Å². The first-order valence-electron chi connectivity index (χ1n) is 7.88. The molecule has 2 fully saturated rings. The van der Waals surface area contributed by atoms with Gasteiger partial charge in [0.05, 0.1) is 6.10 Å². The number of amides is 1. The molecule has 4 nitrogen and oxygen atoms in total. The molecule has 2 aliphatic rings. The monoisotopic (exact) mass is 268 g/mol. The van der Waals surface area contributed by atoms with Gasteiger partial charge in [-0.15, -0.1) is 0 Å². The minimum atomic E-state index is -0.424. The number of hydrogen-bond donors (Lipinski definition) is 2. The second kappa shape index (κ2) is 7.25. The third-order valence-corrected chi connectivity index (χ3v) is 4.27. The molecule has 1 saturated carbocycles. The zero-order valence-corrected chi connectivity index (χ0v) is 12.1. The standard InChI is InChI=1S/C15H28N2O2/c1-2-3-12-4-7-15(19)17(9-8-12)11-14(18)10-16-13-5-6-13/h12-14,16,18H,2-11H2,1H3. The molecular weight excluding hydrogens is 240 g/mol. The van der Waals surface area contributed by atoms with Gasteiger partial charge in [-0.25, -0.2) is 0 Å². The average molecular weight is 268 g/mol. The number of aliphatic hydroxyl groups excluding tert-OH is 1. The largest absolute Gasteiger partial charge is 0.390 e. The number of likely N-dealkylation sites (tertiary alicyclic amines) is 1. The molecule has 0 aromatic carbocycles. The van der Waals surface area contributed by atoms with Crippen LogP contribution >= 0.6 is 0 Å². The van der Waals surface area contributed by atoms with Crippen LogP contribution in [0.2, 0.25) is 0 Å². The summed E-state index contributed by atoms with van der Waals surface area (Å²) < 4.78 is 0. The Morgan fingerprint density at radius 1 is 1.37 bits per heavy atom. The highest BCUT2D eigenvalue weighted by Gasteiger charge is 2.25. The van der Waals surface area contributed by atoms with Gasteiger partial charge in [0, 0.05) is 32.1 Å². The Labute approximate surface area is 116 Å². The maximum absolute atomic E-state index is 12.0. The summed E-state index contributed by atoms with van der Waals surface area (Å²) in [4.78, 5) is 13.9. The number of nitrogens with zero attached hydrogens (tertiary/aromatic N) is 1. The fourth-order valence-electron chi connectivity index (χ4n) is 2.89. The molecule has 1 aliphatic carbocycles. The van der Waals surface area contributed by atoms with Gasteiger partial charge in [-0.3, -0.25) is 4.79 Å². The molecule has 2 rings (SSSR count). The Morgan fingerprint density at radius 2 is 2.16 bits per heavy atom. The summed E-state index contributed by atoms with van der Waals surface area (Å²) in [7, 11) is 0. The van der Waals surface area contributed by atoms with Crippen LogP contribution in [0.1, 0.15) is 51.9 Å². The minimum absolute atomic E-state index is 0.226. The number of β-amino-alcohol motifs (C(OH)–C–C–N with tert-alkyl or cyclic N) is 1. The second-order valence-corrected chi connectivity index (χ2v) is 6.16. The third kappa shape index (κ3) is 5.11. The van der Waals surface area contributed by atoms with Crippen molar-refractivity contribution < 1.29 is 9.90 Å². The van der Waals surface area contributed by atoms with Crippen molar-refractivity contribution in [3.63, 3.8) is 0 Å². The Morgan fingerprint density at radius 3 is 2.84 bits per heavy atom. The molecule has 2 N–H and O–H groups in total. The molecule has 4 heteroatoms. The Hall–Kier alpha value is -0.610. The Bertz CT molecular complexity index is 292. The lowest BCUT2D eigenvalue weighted by Gasteiger charge is -2.24. The van der Waals surface area contributed by atoms with Crippen LogP contribution in [0, 0.1) is 5.92 Å². The van der Waals surface area contributed by atoms with Crippen molar-refractivity contribution in [3.8, 4) is 0 Å². The van der Waals surface area contributed by atoms with Crippen molar-refractivity contribution >= 4 is 5.91 Å². The summed E-state index contributed by atoms with van der Waals surface area (Å²) in [5.41, 5.74) is 0. The van der Waals surface area contributed by atoms with E-state index in [9.17, 15) is 9.90 Å². The normalized spacial score (nSPS) is 26.3. The smallest absolute Gasteiger partial charge is 0.222 e. The summed E-state index contributed by atoms with van der Waals surface area (Å²) >= 11 is 0. The summed E-state index contributed by atoms with van der Waals surface area (Å²) in [6.07, 6.45) is 7.25. The summed E-state index contributed by atoms with van der Waals surface area (Å²) in [5.74, 6) is 0.921. The molecule has 19 heavy (non-hydrogen) atoms. The zero-order valence-electron chi connectivity index (χ0n) is 12.1. The van der Waals surface area contributed by atoms with Gasteiger partial charge in [0.1, 0.15) is 0 Å². The third-order valence-electron chi connectivity index (χ3n) is 4.27. The van der Waals surface area contributed by atoms with Crippen LogP contribution < -0.4 is 5.32 Å². The van der Waals surface area contributed by atoms with Crippen molar-refractivity contribution in [1.82, 2.24) is 10.2 Å². The fraction of sp³-hybridized carbons (Fsp3) is 0.933. The van der Waals surface area contributed by atoms with Crippen molar-refractivity contribution in [2.75, 3.05) is 19.6 Å². The van der Waals surface area contributed by atoms with Gasteiger partial charge in [-0.1, -0.05) is 19.8 Å². The highest BCUT2D eigenvalue weighted by atomic mass is 16.3. The molecule has 2 atom stereocenters. The summed E-state index contributed by atoms with van der Waals surface area (Å²) in [6.45, 7) is 4.14. The number of nitrogens with one attached hydrogen (secondary N) is 1. The van der Waals surface area contributed by atoms with Crippen molar-refractivity contribution in [1.29, 1.82) is 0 Å². The van der Waals surface area contributed by atoms with E-state index in [0.717, 1.165) is 19.4 Å². The Kier molecular flexibility index (Phi) is 5.64. The lowest BCUT2D eigenvalue weighted by atomic mass is 9.96. The van der Waals surface area contributed by atoms with Crippen LogP contribution in [-0.2, 0) is 4.79 Å². The number of carbonyl (C=O) groups excluding carboxylic acids is 1. The molecule has 2 unspecified atom stereocenters. The van der Waals surface area contributed by atoms with Gasteiger partial charge < -0.3 is 15.3 Å². The van der Waals surface area contributed by atoms with E-state index in [1.165, 1.54) is 25.7 Å². The molecule has 0 aromatic rings. The van der Waals surface area contributed by atoms with Gasteiger partial charge in [0.25, 0.3) is 0 Å². The molecule has 110 valence electrons. The van der Waals surface area contributed by atoms with Crippen LogP contribution in [0.5, 0.6) is 0 Å². The summed E-state index contributed by atoms with van der Waals surface area (Å²) in [5, 5.41) is 13.3. The first kappa shape index (κ1) is 14.8. The lowest BCUT2D eigenvalue weighted by Crippen LogP contribution is -2.41. The topological polar surface area (TPSA) is 52.6 Å². The molecule has 0 aromatic heterocycles. The van der Waals surface area contributed by atoms with E-state index in [1.807, 2.05) is 4.90 Å². The predicted octanol–water partition coefficient (Wildman–Crippen LogP) is 1.53. The number of rotatable bonds is 7. The quantitative estimate of drug-likeness (QED) is 0.736. The van der Waals surface area contributed by atoms with Gasteiger partial charge in [0.15, 0.2) is 0 Å². The maximum Gasteiger partial charge on any atom is 0.222 e. The van der Waals surface area contributed by atoms with Crippen molar-refractivity contribution in [3.05, 3.63) is 0 Å². The highest BCUT2D eigenvalue weighted by molar-refractivity contribution is 5.76. The number of aliphatic hydroxyl groups is 1. The van der Waals surface area contributed by atoms with Gasteiger partial charge in [-0.05, 0) is 31.6 Å². The molecule has 1 heterocycles. The average Bonchev–Trinajstić information content (AvgIpc) is 3.21. The molecule has 1 saturated heterocycles. The number of hydrogen-bond acceptors (Lipinski definition) is 3. The van der Waals surface area contributed by atoms with E-state index in [1.54, 1.807) is 0 Å². The molecular formula is C15H28N2O2. The first-order chi connectivity index (χ1) is 9.19. The van der Waals surface area contributed by atoms with E-state index < -0.39 is 6.10 Å². The fourth-order valence-corrected chi connectivity index (χ4v) is 2.89. The molecule has 1 amide bonds. The Balaban J connectivity index is 1.72. The summed E-state index contributed by atoms with van der Waals surface area (Å²) in [6, 6.07) is 0.614. The van der Waals surface area contributed by atoms with E-state index in [-0.39, 0.29) is 5.91 Å². The van der Waals surface area contributed by atoms with E-state index in [2.05, 4.69) is 12.2 Å². The second-order valence-electron chi connectivity index (χ2n) is 6.16. The van der Waals surface area contributed by atoms with Crippen molar-refractivity contribution in [2.45, 2.75) is 64.0 Å². The highest BCUT2D eigenvalue weighted by Crippen LogP contribution is 2.23. The van der Waals surface area contributed by atoms with E-state index in [4.69, 9.17) is 0 Å². The first-order valence-corrected chi connectivity index (χ1v) is 7.88. The molecule has 1 aliphatic heterocycles. The zero-order chi connectivity index (χ0) is 13.7. The van der Waals surface area contributed by atoms with E-state index >= 15 is 0 Å². The maximum atomic E-state index is 12.0.